The number of aliphatic hydroxyl groups is 1. The number of hydrogen-bond acceptors (Lipinski definition) is 2. The van der Waals surface area contributed by atoms with E-state index in [1.165, 1.54) is 5.56 Å². The third kappa shape index (κ3) is 3.41. The summed E-state index contributed by atoms with van der Waals surface area (Å²) in [5.74, 6) is 0. The first kappa shape index (κ1) is 12.8. The second-order valence-corrected chi connectivity index (χ2v) is 4.72. The molecule has 2 aromatic rings. The van der Waals surface area contributed by atoms with Gasteiger partial charge in [-0.1, -0.05) is 30.3 Å². The van der Waals surface area contributed by atoms with Crippen molar-refractivity contribution in [2.75, 3.05) is 0 Å². The molecule has 0 aliphatic carbocycles. The molecule has 0 saturated carbocycles. The zero-order chi connectivity index (χ0) is 13.0. The lowest BCUT2D eigenvalue weighted by atomic mass is 10.0. The van der Waals surface area contributed by atoms with Crippen LogP contribution in [0.5, 0.6) is 0 Å². The lowest BCUT2D eigenvalue weighted by molar-refractivity contribution is 0.167. The molecule has 94 valence electrons. The smallest absolute Gasteiger partial charge is 0.0794 e. The van der Waals surface area contributed by atoms with Gasteiger partial charge in [0.25, 0.3) is 0 Å². The minimum absolute atomic E-state index is 0.411. The van der Waals surface area contributed by atoms with Gasteiger partial charge >= 0.3 is 0 Å². The molecule has 2 heteroatoms. The Hall–Kier alpha value is -1.67. The molecule has 0 aliphatic heterocycles. The number of aryl methyl sites for hydroxylation is 3. The van der Waals surface area contributed by atoms with Crippen molar-refractivity contribution >= 4 is 0 Å². The maximum Gasteiger partial charge on any atom is 0.0794 e. The van der Waals surface area contributed by atoms with Crippen molar-refractivity contribution in [3.05, 3.63) is 65.0 Å². The molecule has 2 nitrogen and oxygen atoms in total. The summed E-state index contributed by atoms with van der Waals surface area (Å²) in [4.78, 5) is 4.32. The molecule has 0 amide bonds. The van der Waals surface area contributed by atoms with Crippen LogP contribution in [0.25, 0.3) is 0 Å². The van der Waals surface area contributed by atoms with E-state index in [0.29, 0.717) is 0 Å². The highest BCUT2D eigenvalue weighted by atomic mass is 16.3. The number of pyridine rings is 1. The molecule has 0 bridgehead atoms. The second-order valence-electron chi connectivity index (χ2n) is 4.72. The van der Waals surface area contributed by atoms with Crippen LogP contribution in [0.4, 0.5) is 0 Å². The summed E-state index contributed by atoms with van der Waals surface area (Å²) in [6, 6.07) is 14.2. The maximum absolute atomic E-state index is 10.2. The molecular weight excluding hydrogens is 222 g/mol. The Kier molecular flexibility index (Phi) is 4.11. The van der Waals surface area contributed by atoms with E-state index in [2.05, 4.69) is 17.1 Å². The normalized spacial score (nSPS) is 12.4. The van der Waals surface area contributed by atoms with Crippen molar-refractivity contribution in [1.82, 2.24) is 4.98 Å². The molecule has 0 saturated heterocycles. The molecule has 0 spiro atoms. The van der Waals surface area contributed by atoms with Gasteiger partial charge in [-0.2, -0.15) is 0 Å². The van der Waals surface area contributed by atoms with Crippen LogP contribution in [0.3, 0.4) is 0 Å². The maximum atomic E-state index is 10.2. The van der Waals surface area contributed by atoms with Crippen LogP contribution < -0.4 is 0 Å². The van der Waals surface area contributed by atoms with E-state index in [0.717, 1.165) is 29.8 Å². The summed E-state index contributed by atoms with van der Waals surface area (Å²) in [7, 11) is 0. The van der Waals surface area contributed by atoms with E-state index >= 15 is 0 Å². The molecular formula is C16H19NO. The predicted molar refractivity (Wildman–Crippen MR) is 73.4 cm³/mol. The largest absolute Gasteiger partial charge is 0.388 e. The van der Waals surface area contributed by atoms with Gasteiger partial charge in [-0.25, -0.2) is 0 Å². The van der Waals surface area contributed by atoms with Gasteiger partial charge in [-0.15, -0.1) is 0 Å². The van der Waals surface area contributed by atoms with E-state index < -0.39 is 6.10 Å². The fraction of sp³-hybridized carbons (Fsp3) is 0.312. The quantitative estimate of drug-likeness (QED) is 0.890. The Balaban J connectivity index is 2.01. The van der Waals surface area contributed by atoms with Crippen LogP contribution in [0.2, 0.25) is 0 Å². The topological polar surface area (TPSA) is 33.1 Å². The van der Waals surface area contributed by atoms with Crippen molar-refractivity contribution in [3.8, 4) is 0 Å². The molecule has 1 unspecified atom stereocenters. The molecule has 1 aromatic carbocycles. The average molecular weight is 241 g/mol. The fourth-order valence-electron chi connectivity index (χ4n) is 2.17. The summed E-state index contributed by atoms with van der Waals surface area (Å²) in [6.45, 7) is 3.92. The van der Waals surface area contributed by atoms with E-state index in [-0.39, 0.29) is 0 Å². The first-order chi connectivity index (χ1) is 8.65. The van der Waals surface area contributed by atoms with E-state index in [9.17, 15) is 5.11 Å². The lowest BCUT2D eigenvalue weighted by Crippen LogP contribution is -2.02. The lowest BCUT2D eigenvalue weighted by Gasteiger charge is -2.12. The highest BCUT2D eigenvalue weighted by molar-refractivity contribution is 5.23. The van der Waals surface area contributed by atoms with Gasteiger partial charge in [0.05, 0.1) is 6.10 Å². The Morgan fingerprint density at radius 1 is 1.06 bits per heavy atom. The average Bonchev–Trinajstić information content (AvgIpc) is 2.36. The number of nitrogens with zero attached hydrogens (tertiary/aromatic N) is 1. The van der Waals surface area contributed by atoms with Crippen LogP contribution in [0.15, 0.2) is 42.5 Å². The SMILES string of the molecule is Cc1cc(C(O)CCc2ccccc2)cc(C)n1. The zero-order valence-corrected chi connectivity index (χ0v) is 10.9. The van der Waals surface area contributed by atoms with Gasteiger partial charge in [0, 0.05) is 11.4 Å². The van der Waals surface area contributed by atoms with Gasteiger partial charge in [0.1, 0.15) is 0 Å². The number of hydrogen-bond donors (Lipinski definition) is 1. The Bertz CT molecular complexity index is 488. The van der Waals surface area contributed by atoms with Crippen molar-refractivity contribution in [2.24, 2.45) is 0 Å². The van der Waals surface area contributed by atoms with Gasteiger partial charge in [-0.05, 0) is 49.9 Å². The monoisotopic (exact) mass is 241 g/mol. The Morgan fingerprint density at radius 3 is 2.28 bits per heavy atom. The van der Waals surface area contributed by atoms with Crippen LogP contribution in [-0.2, 0) is 6.42 Å². The molecule has 1 atom stereocenters. The standard InChI is InChI=1S/C16H19NO/c1-12-10-15(11-13(2)17-12)16(18)9-8-14-6-4-3-5-7-14/h3-7,10-11,16,18H,8-9H2,1-2H3. The number of aromatic nitrogens is 1. The van der Waals surface area contributed by atoms with Gasteiger partial charge in [0.2, 0.25) is 0 Å². The number of aliphatic hydroxyl groups excluding tert-OH is 1. The molecule has 1 heterocycles. The van der Waals surface area contributed by atoms with Crippen LogP contribution in [0, 0.1) is 13.8 Å². The summed E-state index contributed by atoms with van der Waals surface area (Å²) in [5, 5.41) is 10.2. The third-order valence-electron chi connectivity index (χ3n) is 3.04. The molecule has 0 aliphatic rings. The van der Waals surface area contributed by atoms with E-state index in [4.69, 9.17) is 0 Å². The van der Waals surface area contributed by atoms with Crippen molar-refractivity contribution in [3.63, 3.8) is 0 Å². The van der Waals surface area contributed by atoms with Crippen LogP contribution in [-0.4, -0.2) is 10.1 Å². The highest BCUT2D eigenvalue weighted by Gasteiger charge is 2.09. The summed E-state index contributed by atoms with van der Waals surface area (Å²) >= 11 is 0. The van der Waals surface area contributed by atoms with Gasteiger partial charge in [0.15, 0.2) is 0 Å². The molecule has 2 rings (SSSR count). The first-order valence-electron chi connectivity index (χ1n) is 6.32. The van der Waals surface area contributed by atoms with Crippen molar-refractivity contribution in [1.29, 1.82) is 0 Å². The van der Waals surface area contributed by atoms with Crippen LogP contribution >= 0.6 is 0 Å². The minimum Gasteiger partial charge on any atom is -0.388 e. The summed E-state index contributed by atoms with van der Waals surface area (Å²) in [5.41, 5.74) is 4.16. The minimum atomic E-state index is -0.411. The number of rotatable bonds is 4. The van der Waals surface area contributed by atoms with Crippen LogP contribution in [0.1, 0.15) is 35.0 Å². The Labute approximate surface area is 108 Å². The second kappa shape index (κ2) is 5.78. The summed E-state index contributed by atoms with van der Waals surface area (Å²) < 4.78 is 0. The summed E-state index contributed by atoms with van der Waals surface area (Å²) in [6.07, 6.45) is 1.22. The Morgan fingerprint density at radius 2 is 1.67 bits per heavy atom. The van der Waals surface area contributed by atoms with Crippen molar-refractivity contribution < 1.29 is 5.11 Å². The molecule has 0 radical (unpaired) electrons. The predicted octanol–water partition coefficient (Wildman–Crippen LogP) is 3.36. The molecule has 0 fully saturated rings. The zero-order valence-electron chi connectivity index (χ0n) is 10.9. The van der Waals surface area contributed by atoms with E-state index in [1.807, 2.05) is 44.2 Å². The van der Waals surface area contributed by atoms with E-state index in [1.54, 1.807) is 0 Å². The van der Waals surface area contributed by atoms with Crippen molar-refractivity contribution in [2.45, 2.75) is 32.8 Å². The molecule has 1 N–H and O–H groups in total. The molecule has 1 aromatic heterocycles. The first-order valence-corrected chi connectivity index (χ1v) is 6.32. The highest BCUT2D eigenvalue weighted by Crippen LogP contribution is 2.20. The van der Waals surface area contributed by atoms with Gasteiger partial charge < -0.3 is 5.11 Å². The van der Waals surface area contributed by atoms with Gasteiger partial charge in [-0.3, -0.25) is 4.98 Å². The third-order valence-corrected chi connectivity index (χ3v) is 3.04. The fourth-order valence-corrected chi connectivity index (χ4v) is 2.17. The number of benzene rings is 1. The molecule has 18 heavy (non-hydrogen) atoms.